The highest BCUT2D eigenvalue weighted by Crippen LogP contribution is 2.29. The molecule has 0 atom stereocenters. The molecule has 0 radical (unpaired) electrons. The fourth-order valence-electron chi connectivity index (χ4n) is 3.87. The molecule has 0 amide bonds. The highest BCUT2D eigenvalue weighted by atomic mass is 32.1. The van der Waals surface area contributed by atoms with Crippen LogP contribution in [0, 0.1) is 13.8 Å². The Bertz CT molecular complexity index is 1220. The van der Waals surface area contributed by atoms with E-state index >= 15 is 0 Å². The molecular weight excluding hydrogens is 448 g/mol. The molecule has 0 aliphatic heterocycles. The number of nitrogens with one attached hydrogen (secondary N) is 2. The SMILES string of the molecule is COc1ccc(NC(=S)N(CCCN(C)C)Cc2cc3c(C)ccc(C)c3[nH]c2=O)c(OC)c1. The topological polar surface area (TPSA) is 69.8 Å². The summed E-state index contributed by atoms with van der Waals surface area (Å²) in [4.78, 5) is 20.2. The molecule has 0 spiro atoms. The summed E-state index contributed by atoms with van der Waals surface area (Å²) >= 11 is 5.79. The molecule has 7 nitrogen and oxygen atoms in total. The fourth-order valence-corrected chi connectivity index (χ4v) is 4.13. The number of anilines is 1. The zero-order valence-electron chi connectivity index (χ0n) is 20.8. The van der Waals surface area contributed by atoms with Crippen LogP contribution in [0.25, 0.3) is 10.9 Å². The predicted molar refractivity (Wildman–Crippen MR) is 143 cm³/mol. The standard InChI is InChI=1S/C26H34N4O3S/c1-17-8-9-18(2)24-21(17)14-19(25(31)28-24)16-30(13-7-12-29(3)4)26(34)27-22-11-10-20(32-5)15-23(22)33-6/h8-11,14-15H,7,12-13,16H2,1-6H3,(H,27,34)(H,28,31). The van der Waals surface area contributed by atoms with E-state index in [2.05, 4.69) is 28.2 Å². The second kappa shape index (κ2) is 11.4. The van der Waals surface area contributed by atoms with Gasteiger partial charge in [0.1, 0.15) is 11.5 Å². The molecule has 2 N–H and O–H groups in total. The Hall–Kier alpha value is -3.10. The van der Waals surface area contributed by atoms with Gasteiger partial charge in [0.2, 0.25) is 0 Å². The molecule has 0 saturated heterocycles. The molecule has 0 bridgehead atoms. The third-order valence-electron chi connectivity index (χ3n) is 5.85. The van der Waals surface area contributed by atoms with Crippen molar-refractivity contribution in [2.24, 2.45) is 0 Å². The van der Waals surface area contributed by atoms with Crippen molar-refractivity contribution in [2.45, 2.75) is 26.8 Å². The molecule has 0 aliphatic carbocycles. The zero-order valence-corrected chi connectivity index (χ0v) is 21.6. The molecule has 182 valence electrons. The quantitative estimate of drug-likeness (QED) is 0.441. The van der Waals surface area contributed by atoms with Gasteiger partial charge in [0.05, 0.1) is 32.0 Å². The molecule has 2 aromatic carbocycles. The van der Waals surface area contributed by atoms with Crippen LogP contribution in [0.4, 0.5) is 5.69 Å². The monoisotopic (exact) mass is 482 g/mol. The molecule has 3 aromatic rings. The normalized spacial score (nSPS) is 11.0. The molecular formula is C26H34N4O3S. The number of fused-ring (bicyclic) bond motifs is 1. The van der Waals surface area contributed by atoms with Crippen LogP contribution in [-0.4, -0.2) is 61.3 Å². The summed E-state index contributed by atoms with van der Waals surface area (Å²) in [5.41, 5.74) is 4.39. The van der Waals surface area contributed by atoms with Crippen LogP contribution in [-0.2, 0) is 6.54 Å². The van der Waals surface area contributed by atoms with E-state index in [-0.39, 0.29) is 5.56 Å². The number of aromatic nitrogens is 1. The highest BCUT2D eigenvalue weighted by Gasteiger charge is 2.16. The summed E-state index contributed by atoms with van der Waals surface area (Å²) in [5.74, 6) is 1.33. The Labute approximate surface area is 206 Å². The van der Waals surface area contributed by atoms with Crippen molar-refractivity contribution in [1.82, 2.24) is 14.8 Å². The van der Waals surface area contributed by atoms with Crippen molar-refractivity contribution in [2.75, 3.05) is 46.7 Å². The lowest BCUT2D eigenvalue weighted by molar-refractivity contribution is 0.345. The number of ether oxygens (including phenoxy) is 2. The number of H-pyrrole nitrogens is 1. The Balaban J connectivity index is 1.90. The molecule has 3 rings (SSSR count). The summed E-state index contributed by atoms with van der Waals surface area (Å²) in [6.07, 6.45) is 0.901. The Morgan fingerprint density at radius 1 is 1.03 bits per heavy atom. The van der Waals surface area contributed by atoms with Gasteiger partial charge in [-0.1, -0.05) is 12.1 Å². The van der Waals surface area contributed by atoms with E-state index in [9.17, 15) is 4.79 Å². The van der Waals surface area contributed by atoms with Crippen molar-refractivity contribution in [3.05, 3.63) is 63.4 Å². The van der Waals surface area contributed by atoms with Gasteiger partial charge in [0.15, 0.2) is 5.11 Å². The van der Waals surface area contributed by atoms with Crippen LogP contribution in [0.15, 0.2) is 41.2 Å². The number of nitrogens with zero attached hydrogens (tertiary/aromatic N) is 2. The highest BCUT2D eigenvalue weighted by molar-refractivity contribution is 7.80. The van der Waals surface area contributed by atoms with Gasteiger partial charge >= 0.3 is 0 Å². The average Bonchev–Trinajstić information content (AvgIpc) is 2.81. The summed E-state index contributed by atoms with van der Waals surface area (Å²) in [6.45, 7) is 6.08. The van der Waals surface area contributed by atoms with Crippen molar-refractivity contribution in [3.63, 3.8) is 0 Å². The van der Waals surface area contributed by atoms with Crippen LogP contribution in [0.1, 0.15) is 23.1 Å². The minimum Gasteiger partial charge on any atom is -0.497 e. The Morgan fingerprint density at radius 3 is 2.44 bits per heavy atom. The number of hydrogen-bond donors (Lipinski definition) is 2. The number of methoxy groups -OCH3 is 2. The zero-order chi connectivity index (χ0) is 24.8. The first-order chi connectivity index (χ1) is 16.2. The van der Waals surface area contributed by atoms with E-state index < -0.39 is 0 Å². The van der Waals surface area contributed by atoms with Gasteiger partial charge in [-0.05, 0) is 82.5 Å². The molecule has 1 aromatic heterocycles. The Morgan fingerprint density at radius 2 is 1.76 bits per heavy atom. The third kappa shape index (κ3) is 6.07. The average molecular weight is 483 g/mol. The molecule has 0 unspecified atom stereocenters. The third-order valence-corrected chi connectivity index (χ3v) is 6.21. The molecule has 1 heterocycles. The van der Waals surface area contributed by atoms with Crippen molar-refractivity contribution < 1.29 is 9.47 Å². The van der Waals surface area contributed by atoms with Crippen LogP contribution < -0.4 is 20.3 Å². The van der Waals surface area contributed by atoms with Gasteiger partial charge < -0.3 is 29.6 Å². The van der Waals surface area contributed by atoms with E-state index in [1.165, 1.54) is 0 Å². The minimum absolute atomic E-state index is 0.0939. The van der Waals surface area contributed by atoms with Crippen LogP contribution in [0.3, 0.4) is 0 Å². The molecule has 0 aliphatic rings. The van der Waals surface area contributed by atoms with E-state index in [1.54, 1.807) is 20.3 Å². The summed E-state index contributed by atoms with van der Waals surface area (Å²) in [7, 11) is 7.31. The first kappa shape index (κ1) is 25.5. The number of hydrogen-bond acceptors (Lipinski definition) is 5. The van der Waals surface area contributed by atoms with Crippen LogP contribution >= 0.6 is 12.2 Å². The van der Waals surface area contributed by atoms with Gasteiger partial charge in [0, 0.05) is 23.6 Å². The number of aryl methyl sites for hydroxylation is 2. The number of thiocarbonyl (C=S) groups is 1. The van der Waals surface area contributed by atoms with E-state index in [1.807, 2.05) is 50.2 Å². The van der Waals surface area contributed by atoms with Crippen LogP contribution in [0.5, 0.6) is 11.5 Å². The summed E-state index contributed by atoms with van der Waals surface area (Å²) < 4.78 is 10.8. The van der Waals surface area contributed by atoms with E-state index in [0.29, 0.717) is 35.3 Å². The van der Waals surface area contributed by atoms with Crippen molar-refractivity contribution in [3.8, 4) is 11.5 Å². The lowest BCUT2D eigenvalue weighted by Crippen LogP contribution is -2.37. The second-order valence-corrected chi connectivity index (χ2v) is 9.07. The molecule has 8 heteroatoms. The van der Waals surface area contributed by atoms with Crippen LogP contribution in [0.2, 0.25) is 0 Å². The lowest BCUT2D eigenvalue weighted by atomic mass is 10.0. The lowest BCUT2D eigenvalue weighted by Gasteiger charge is -2.27. The minimum atomic E-state index is -0.0939. The second-order valence-electron chi connectivity index (χ2n) is 8.69. The molecule has 0 saturated carbocycles. The number of rotatable bonds is 9. The van der Waals surface area contributed by atoms with Gasteiger partial charge in [0.25, 0.3) is 5.56 Å². The molecule has 0 fully saturated rings. The smallest absolute Gasteiger partial charge is 0.253 e. The van der Waals surface area contributed by atoms with Gasteiger partial charge in [-0.25, -0.2) is 0 Å². The van der Waals surface area contributed by atoms with Gasteiger partial charge in [-0.2, -0.15) is 0 Å². The fraction of sp³-hybridized carbons (Fsp3) is 0.385. The maximum absolute atomic E-state index is 13.0. The first-order valence-electron chi connectivity index (χ1n) is 11.3. The van der Waals surface area contributed by atoms with Crippen molar-refractivity contribution in [1.29, 1.82) is 0 Å². The van der Waals surface area contributed by atoms with E-state index in [4.69, 9.17) is 21.7 Å². The maximum Gasteiger partial charge on any atom is 0.253 e. The number of pyridine rings is 1. The summed E-state index contributed by atoms with van der Waals surface area (Å²) in [5, 5.41) is 4.88. The Kier molecular flexibility index (Phi) is 8.52. The van der Waals surface area contributed by atoms with Gasteiger partial charge in [-0.3, -0.25) is 4.79 Å². The number of benzene rings is 2. The molecule has 34 heavy (non-hydrogen) atoms. The van der Waals surface area contributed by atoms with Crippen molar-refractivity contribution >= 4 is 33.9 Å². The van der Waals surface area contributed by atoms with Gasteiger partial charge in [-0.15, -0.1) is 0 Å². The first-order valence-corrected chi connectivity index (χ1v) is 11.7. The predicted octanol–water partition coefficient (Wildman–Crippen LogP) is 4.31. The summed E-state index contributed by atoms with van der Waals surface area (Å²) in [6, 6.07) is 11.6. The maximum atomic E-state index is 13.0. The largest absolute Gasteiger partial charge is 0.497 e. The number of aromatic amines is 1. The van der Waals surface area contributed by atoms with E-state index in [0.717, 1.165) is 40.7 Å².